The minimum atomic E-state index is -0.354. The molecule has 1 aliphatic rings. The van der Waals surface area contributed by atoms with E-state index in [9.17, 15) is 10.1 Å². The molecule has 1 saturated heterocycles. The lowest BCUT2D eigenvalue weighted by atomic mass is 10.1. The van der Waals surface area contributed by atoms with E-state index in [1.807, 2.05) is 0 Å². The van der Waals surface area contributed by atoms with E-state index in [4.69, 9.17) is 0 Å². The molecule has 58 valence electrons. The minimum Gasteiger partial charge on any atom is -0.264 e. The van der Waals surface area contributed by atoms with Crippen LogP contribution in [0.15, 0.2) is 0 Å². The van der Waals surface area contributed by atoms with Crippen LogP contribution in [0.25, 0.3) is 0 Å². The van der Waals surface area contributed by atoms with Gasteiger partial charge in [0.2, 0.25) is 6.04 Å². The van der Waals surface area contributed by atoms with Crippen molar-refractivity contribution in [1.29, 1.82) is 0 Å². The Morgan fingerprint density at radius 3 is 2.90 bits per heavy atom. The van der Waals surface area contributed by atoms with E-state index >= 15 is 0 Å². The highest BCUT2D eigenvalue weighted by Gasteiger charge is 2.29. The molecule has 1 aliphatic heterocycles. The van der Waals surface area contributed by atoms with E-state index in [2.05, 4.69) is 0 Å². The van der Waals surface area contributed by atoms with Crippen molar-refractivity contribution in [3.63, 3.8) is 0 Å². The molecule has 0 aromatic rings. The Kier molecular flexibility index (Phi) is 2.54. The predicted octanol–water partition coefficient (Wildman–Crippen LogP) is 1.55. The summed E-state index contributed by atoms with van der Waals surface area (Å²) in [6.07, 6.45) is 2.17. The summed E-state index contributed by atoms with van der Waals surface area (Å²) in [5, 5.41) is 10.6. The molecule has 2 unspecified atom stereocenters. The summed E-state index contributed by atoms with van der Waals surface area (Å²) in [4.78, 5) is 10.1. The predicted molar refractivity (Wildman–Crippen MR) is 41.9 cm³/mol. The first kappa shape index (κ1) is 7.85. The Morgan fingerprint density at radius 1 is 1.80 bits per heavy atom. The first-order valence-electron chi connectivity index (χ1n) is 3.47. The van der Waals surface area contributed by atoms with Gasteiger partial charge in [-0.15, -0.1) is 0 Å². The second kappa shape index (κ2) is 3.23. The standard InChI is InChI=1S/C6H11NO2S/c1-5(7(8)9)6-3-2-4-10-6/h5-6H,2-4H2,1H3. The number of hydrogen-bond donors (Lipinski definition) is 0. The summed E-state index contributed by atoms with van der Waals surface area (Å²) in [6.45, 7) is 1.70. The molecule has 0 aromatic carbocycles. The van der Waals surface area contributed by atoms with Crippen molar-refractivity contribution in [2.45, 2.75) is 31.1 Å². The lowest BCUT2D eigenvalue weighted by Crippen LogP contribution is -2.26. The first-order valence-corrected chi connectivity index (χ1v) is 4.52. The van der Waals surface area contributed by atoms with Gasteiger partial charge in [0.15, 0.2) is 0 Å². The Hall–Kier alpha value is -0.250. The Morgan fingerprint density at radius 2 is 2.50 bits per heavy atom. The van der Waals surface area contributed by atoms with E-state index in [1.54, 1.807) is 18.7 Å². The third-order valence-corrected chi connectivity index (χ3v) is 3.42. The molecular formula is C6H11NO2S. The zero-order valence-corrected chi connectivity index (χ0v) is 6.76. The van der Waals surface area contributed by atoms with Crippen LogP contribution in [0.4, 0.5) is 0 Å². The van der Waals surface area contributed by atoms with Gasteiger partial charge in [-0.3, -0.25) is 10.1 Å². The third-order valence-electron chi connectivity index (χ3n) is 1.84. The first-order chi connectivity index (χ1) is 4.72. The van der Waals surface area contributed by atoms with Crippen LogP contribution in [0.2, 0.25) is 0 Å². The number of nitrogens with zero attached hydrogens (tertiary/aromatic N) is 1. The molecule has 0 aliphatic carbocycles. The zero-order chi connectivity index (χ0) is 7.56. The van der Waals surface area contributed by atoms with Gasteiger partial charge in [-0.25, -0.2) is 0 Å². The van der Waals surface area contributed by atoms with E-state index in [-0.39, 0.29) is 16.2 Å². The molecular weight excluding hydrogens is 150 g/mol. The van der Waals surface area contributed by atoms with Gasteiger partial charge in [-0.2, -0.15) is 11.8 Å². The van der Waals surface area contributed by atoms with Crippen molar-refractivity contribution >= 4 is 11.8 Å². The molecule has 0 amide bonds. The van der Waals surface area contributed by atoms with E-state index < -0.39 is 0 Å². The highest BCUT2D eigenvalue weighted by molar-refractivity contribution is 8.00. The largest absolute Gasteiger partial charge is 0.264 e. The van der Waals surface area contributed by atoms with Crippen LogP contribution in [0.1, 0.15) is 19.8 Å². The molecule has 2 atom stereocenters. The van der Waals surface area contributed by atoms with E-state index in [0.29, 0.717) is 0 Å². The maximum absolute atomic E-state index is 10.3. The van der Waals surface area contributed by atoms with Crippen LogP contribution in [-0.4, -0.2) is 22.0 Å². The molecule has 0 saturated carbocycles. The molecule has 0 bridgehead atoms. The Labute approximate surface area is 64.3 Å². The van der Waals surface area contributed by atoms with E-state index in [1.165, 1.54) is 0 Å². The summed E-state index contributed by atoms with van der Waals surface area (Å²) < 4.78 is 0. The van der Waals surface area contributed by atoms with E-state index in [0.717, 1.165) is 18.6 Å². The van der Waals surface area contributed by atoms with Gasteiger partial charge < -0.3 is 0 Å². The number of hydrogen-bond acceptors (Lipinski definition) is 3. The average molecular weight is 161 g/mol. The lowest BCUT2D eigenvalue weighted by molar-refractivity contribution is -0.517. The van der Waals surface area contributed by atoms with Crippen molar-refractivity contribution in [1.82, 2.24) is 0 Å². The molecule has 0 N–H and O–H groups in total. The molecule has 3 nitrogen and oxygen atoms in total. The fourth-order valence-electron chi connectivity index (χ4n) is 1.12. The van der Waals surface area contributed by atoms with Gasteiger partial charge >= 0.3 is 0 Å². The second-order valence-corrected chi connectivity index (χ2v) is 3.92. The highest BCUT2D eigenvalue weighted by Crippen LogP contribution is 2.29. The molecule has 0 radical (unpaired) electrons. The van der Waals surface area contributed by atoms with Crippen molar-refractivity contribution in [3.05, 3.63) is 10.1 Å². The van der Waals surface area contributed by atoms with Crippen LogP contribution >= 0.6 is 11.8 Å². The molecule has 1 rings (SSSR count). The molecule has 1 heterocycles. The fourth-order valence-corrected chi connectivity index (χ4v) is 2.47. The summed E-state index contributed by atoms with van der Waals surface area (Å²) in [6, 6.07) is -0.354. The van der Waals surface area contributed by atoms with Crippen LogP contribution in [0, 0.1) is 10.1 Å². The molecule has 10 heavy (non-hydrogen) atoms. The van der Waals surface area contributed by atoms with Gasteiger partial charge in [0.05, 0.1) is 5.25 Å². The molecule has 0 aromatic heterocycles. The second-order valence-electron chi connectivity index (χ2n) is 2.58. The fraction of sp³-hybridized carbons (Fsp3) is 1.00. The lowest BCUT2D eigenvalue weighted by Gasteiger charge is -2.08. The maximum Gasteiger partial charge on any atom is 0.222 e. The summed E-state index contributed by atoms with van der Waals surface area (Å²) >= 11 is 1.74. The van der Waals surface area contributed by atoms with Gasteiger partial charge in [0.25, 0.3) is 0 Å². The third kappa shape index (κ3) is 1.62. The smallest absolute Gasteiger partial charge is 0.222 e. The van der Waals surface area contributed by atoms with Crippen molar-refractivity contribution in [3.8, 4) is 0 Å². The van der Waals surface area contributed by atoms with Gasteiger partial charge in [-0.05, 0) is 18.6 Å². The van der Waals surface area contributed by atoms with Crippen LogP contribution in [0.5, 0.6) is 0 Å². The van der Waals surface area contributed by atoms with Gasteiger partial charge in [0.1, 0.15) is 0 Å². The summed E-state index contributed by atoms with van der Waals surface area (Å²) in [5.41, 5.74) is 0. The average Bonchev–Trinajstić information content (AvgIpc) is 2.36. The number of thioether (sulfide) groups is 1. The number of rotatable bonds is 2. The van der Waals surface area contributed by atoms with Gasteiger partial charge in [0, 0.05) is 11.8 Å². The van der Waals surface area contributed by atoms with Crippen molar-refractivity contribution in [2.75, 3.05) is 5.75 Å². The summed E-state index contributed by atoms with van der Waals surface area (Å²) in [5.74, 6) is 1.10. The van der Waals surface area contributed by atoms with Crippen LogP contribution in [-0.2, 0) is 0 Å². The van der Waals surface area contributed by atoms with Crippen LogP contribution < -0.4 is 0 Å². The zero-order valence-electron chi connectivity index (χ0n) is 5.95. The normalized spacial score (nSPS) is 28.3. The highest BCUT2D eigenvalue weighted by atomic mass is 32.2. The Balaban J connectivity index is 2.39. The molecule has 0 spiro atoms. The van der Waals surface area contributed by atoms with Crippen LogP contribution in [0.3, 0.4) is 0 Å². The monoisotopic (exact) mass is 161 g/mol. The van der Waals surface area contributed by atoms with Crippen molar-refractivity contribution in [2.24, 2.45) is 0 Å². The maximum atomic E-state index is 10.3. The topological polar surface area (TPSA) is 43.1 Å². The molecule has 1 fully saturated rings. The quantitative estimate of drug-likeness (QED) is 0.456. The summed E-state index contributed by atoms with van der Waals surface area (Å²) in [7, 11) is 0. The van der Waals surface area contributed by atoms with Crippen molar-refractivity contribution < 1.29 is 4.92 Å². The van der Waals surface area contributed by atoms with Gasteiger partial charge in [-0.1, -0.05) is 0 Å². The molecule has 4 heteroatoms. The SMILES string of the molecule is CC(C1CCCS1)[N+](=O)[O-]. The Bertz CT molecular complexity index is 134. The minimum absolute atomic E-state index is 0.178. The number of nitro groups is 1.